The highest BCUT2D eigenvalue weighted by atomic mass is 16.3. The lowest BCUT2D eigenvalue weighted by atomic mass is 9.92. The van der Waals surface area contributed by atoms with Crippen molar-refractivity contribution >= 4 is 10.8 Å². The van der Waals surface area contributed by atoms with Crippen LogP contribution in [0.4, 0.5) is 0 Å². The van der Waals surface area contributed by atoms with E-state index < -0.39 is 0 Å². The number of aryl methyl sites for hydroxylation is 2. The van der Waals surface area contributed by atoms with Gasteiger partial charge in [-0.25, -0.2) is 0 Å². The summed E-state index contributed by atoms with van der Waals surface area (Å²) < 4.78 is 5.46. The van der Waals surface area contributed by atoms with Crippen molar-refractivity contribution < 1.29 is 4.42 Å². The maximum absolute atomic E-state index is 5.46. The molecule has 2 aromatic carbocycles. The minimum Gasteiger partial charge on any atom is -0.469 e. The van der Waals surface area contributed by atoms with Crippen LogP contribution in [0.2, 0.25) is 0 Å². The van der Waals surface area contributed by atoms with E-state index in [0.717, 1.165) is 5.76 Å². The van der Waals surface area contributed by atoms with Crippen LogP contribution in [-0.2, 0) is 0 Å². The highest BCUT2D eigenvalue weighted by Gasteiger charge is 2.18. The number of furan rings is 1. The number of fused-ring (bicyclic) bond motifs is 1. The molecule has 0 radical (unpaired) electrons. The third-order valence-electron chi connectivity index (χ3n) is 3.99. The molecule has 0 spiro atoms. The molecule has 1 unspecified atom stereocenters. The first-order valence-electron chi connectivity index (χ1n) is 6.92. The molecule has 3 aromatic rings. The van der Waals surface area contributed by atoms with Crippen molar-refractivity contribution in [1.82, 2.24) is 5.32 Å². The van der Waals surface area contributed by atoms with Crippen LogP contribution in [0.25, 0.3) is 10.8 Å². The fraction of sp³-hybridized carbons (Fsp3) is 0.222. The predicted molar refractivity (Wildman–Crippen MR) is 83.0 cm³/mol. The van der Waals surface area contributed by atoms with Crippen molar-refractivity contribution in [1.29, 1.82) is 0 Å². The molecule has 1 atom stereocenters. The Hall–Kier alpha value is -2.06. The minimum absolute atomic E-state index is 0.152. The molecule has 102 valence electrons. The Morgan fingerprint density at radius 1 is 0.900 bits per heavy atom. The molecule has 1 aromatic heterocycles. The van der Waals surface area contributed by atoms with Gasteiger partial charge in [-0.3, -0.25) is 0 Å². The molecular weight excluding hydrogens is 246 g/mol. The Morgan fingerprint density at radius 2 is 1.65 bits per heavy atom. The van der Waals surface area contributed by atoms with Gasteiger partial charge in [-0.15, -0.1) is 0 Å². The van der Waals surface area contributed by atoms with Crippen molar-refractivity contribution in [2.45, 2.75) is 19.9 Å². The normalized spacial score (nSPS) is 12.8. The van der Waals surface area contributed by atoms with E-state index in [2.05, 4.69) is 48.6 Å². The van der Waals surface area contributed by atoms with Gasteiger partial charge in [0.25, 0.3) is 0 Å². The summed E-state index contributed by atoms with van der Waals surface area (Å²) in [4.78, 5) is 0. The molecule has 0 amide bonds. The van der Waals surface area contributed by atoms with Crippen LogP contribution in [0.1, 0.15) is 28.5 Å². The smallest absolute Gasteiger partial charge is 0.105 e. The molecule has 0 aliphatic heterocycles. The van der Waals surface area contributed by atoms with E-state index in [0.29, 0.717) is 0 Å². The van der Waals surface area contributed by atoms with Crippen molar-refractivity contribution in [2.75, 3.05) is 7.05 Å². The lowest BCUT2D eigenvalue weighted by Crippen LogP contribution is -2.18. The van der Waals surface area contributed by atoms with Gasteiger partial charge >= 0.3 is 0 Å². The summed E-state index contributed by atoms with van der Waals surface area (Å²) in [5, 5.41) is 6.02. The number of hydrogen-bond acceptors (Lipinski definition) is 2. The van der Waals surface area contributed by atoms with E-state index in [4.69, 9.17) is 4.42 Å². The second-order valence-corrected chi connectivity index (χ2v) is 5.17. The standard InChI is InChI=1S/C18H19NO/c1-12-8-9-17(16-7-5-4-6-14(12)16)18(19-3)15-10-11-20-13(15)2/h4-11,18-19H,1-3H3. The summed E-state index contributed by atoms with van der Waals surface area (Å²) in [6.07, 6.45) is 1.76. The average molecular weight is 265 g/mol. The van der Waals surface area contributed by atoms with Gasteiger partial charge < -0.3 is 9.73 Å². The van der Waals surface area contributed by atoms with E-state index in [9.17, 15) is 0 Å². The Bertz CT molecular complexity index is 742. The molecule has 20 heavy (non-hydrogen) atoms. The van der Waals surface area contributed by atoms with Crippen LogP contribution in [0.5, 0.6) is 0 Å². The minimum atomic E-state index is 0.152. The average Bonchev–Trinajstić information content (AvgIpc) is 2.89. The summed E-state index contributed by atoms with van der Waals surface area (Å²) in [6.45, 7) is 4.17. The quantitative estimate of drug-likeness (QED) is 0.761. The highest BCUT2D eigenvalue weighted by molar-refractivity contribution is 5.89. The molecule has 2 nitrogen and oxygen atoms in total. The number of hydrogen-bond donors (Lipinski definition) is 1. The summed E-state index contributed by atoms with van der Waals surface area (Å²) in [5.74, 6) is 0.967. The topological polar surface area (TPSA) is 25.2 Å². The fourth-order valence-corrected chi connectivity index (χ4v) is 2.90. The zero-order valence-corrected chi connectivity index (χ0v) is 12.1. The van der Waals surface area contributed by atoms with Gasteiger partial charge in [-0.2, -0.15) is 0 Å². The van der Waals surface area contributed by atoms with Crippen LogP contribution in [0.3, 0.4) is 0 Å². The number of rotatable bonds is 3. The van der Waals surface area contributed by atoms with Crippen LogP contribution in [-0.4, -0.2) is 7.05 Å². The van der Waals surface area contributed by atoms with E-state index in [1.54, 1.807) is 6.26 Å². The lowest BCUT2D eigenvalue weighted by Gasteiger charge is -2.19. The van der Waals surface area contributed by atoms with Gasteiger partial charge in [-0.05, 0) is 48.9 Å². The summed E-state index contributed by atoms with van der Waals surface area (Å²) >= 11 is 0. The van der Waals surface area contributed by atoms with Crippen molar-refractivity contribution in [3.8, 4) is 0 Å². The molecule has 0 aliphatic carbocycles. The van der Waals surface area contributed by atoms with Crippen LogP contribution in [0, 0.1) is 13.8 Å². The van der Waals surface area contributed by atoms with Gasteiger partial charge in [0.15, 0.2) is 0 Å². The Kier molecular flexibility index (Phi) is 3.33. The van der Waals surface area contributed by atoms with Crippen molar-refractivity contribution in [2.24, 2.45) is 0 Å². The third kappa shape index (κ3) is 2.02. The molecule has 0 saturated heterocycles. The van der Waals surface area contributed by atoms with E-state index in [-0.39, 0.29) is 6.04 Å². The van der Waals surface area contributed by atoms with Gasteiger partial charge in [0.1, 0.15) is 5.76 Å². The van der Waals surface area contributed by atoms with Gasteiger partial charge in [0.2, 0.25) is 0 Å². The third-order valence-corrected chi connectivity index (χ3v) is 3.99. The van der Waals surface area contributed by atoms with E-state index in [1.165, 1.54) is 27.5 Å². The first-order valence-corrected chi connectivity index (χ1v) is 6.92. The summed E-state index contributed by atoms with van der Waals surface area (Å²) in [5.41, 5.74) is 3.79. The predicted octanol–water partition coefficient (Wildman–Crippen LogP) is 4.36. The zero-order valence-electron chi connectivity index (χ0n) is 12.1. The molecule has 0 aliphatic rings. The monoisotopic (exact) mass is 265 g/mol. The second kappa shape index (κ2) is 5.14. The SMILES string of the molecule is CNC(c1ccoc1C)c1ccc(C)c2ccccc12. The Labute approximate surface area is 119 Å². The zero-order chi connectivity index (χ0) is 14.1. The molecule has 1 N–H and O–H groups in total. The molecule has 3 rings (SSSR count). The molecule has 1 heterocycles. The van der Waals surface area contributed by atoms with Crippen LogP contribution < -0.4 is 5.32 Å². The molecule has 0 saturated carbocycles. The van der Waals surface area contributed by atoms with Gasteiger partial charge in [0.05, 0.1) is 12.3 Å². The molecular formula is C18H19NO. The van der Waals surface area contributed by atoms with Gasteiger partial charge in [-0.1, -0.05) is 36.4 Å². The van der Waals surface area contributed by atoms with Crippen molar-refractivity contribution in [3.63, 3.8) is 0 Å². The largest absolute Gasteiger partial charge is 0.469 e. The lowest BCUT2D eigenvalue weighted by molar-refractivity contribution is 0.523. The Balaban J connectivity index is 2.23. The maximum atomic E-state index is 5.46. The van der Waals surface area contributed by atoms with Crippen molar-refractivity contribution in [3.05, 3.63) is 71.2 Å². The van der Waals surface area contributed by atoms with E-state index in [1.807, 2.05) is 20.0 Å². The first kappa shape index (κ1) is 12.9. The molecule has 0 fully saturated rings. The maximum Gasteiger partial charge on any atom is 0.105 e. The van der Waals surface area contributed by atoms with Crippen LogP contribution >= 0.6 is 0 Å². The fourth-order valence-electron chi connectivity index (χ4n) is 2.90. The summed E-state index contributed by atoms with van der Waals surface area (Å²) in [6, 6.07) is 15.2. The summed E-state index contributed by atoms with van der Waals surface area (Å²) in [7, 11) is 1.99. The molecule has 0 bridgehead atoms. The second-order valence-electron chi connectivity index (χ2n) is 5.17. The Morgan fingerprint density at radius 3 is 2.30 bits per heavy atom. The number of benzene rings is 2. The highest BCUT2D eigenvalue weighted by Crippen LogP contribution is 2.32. The number of nitrogens with one attached hydrogen (secondary N) is 1. The van der Waals surface area contributed by atoms with E-state index >= 15 is 0 Å². The van der Waals surface area contributed by atoms with Crippen LogP contribution in [0.15, 0.2) is 53.1 Å². The first-order chi connectivity index (χ1) is 9.72. The molecule has 2 heteroatoms. The van der Waals surface area contributed by atoms with Gasteiger partial charge in [0, 0.05) is 5.56 Å².